The maximum Gasteiger partial charge on any atom is 0.127 e. The van der Waals surface area contributed by atoms with Crippen molar-refractivity contribution < 1.29 is 0 Å². The van der Waals surface area contributed by atoms with Gasteiger partial charge in [-0.25, -0.2) is 0 Å². The fourth-order valence-electron chi connectivity index (χ4n) is 1.46. The van der Waals surface area contributed by atoms with Crippen LogP contribution >= 0.6 is 11.6 Å². The zero-order valence-electron chi connectivity index (χ0n) is 7.96. The minimum absolute atomic E-state index is 0.709. The number of rotatable bonds is 4. The summed E-state index contributed by atoms with van der Waals surface area (Å²) >= 11 is 6.05. The molecule has 2 nitrogen and oxygen atoms in total. The van der Waals surface area contributed by atoms with E-state index in [4.69, 9.17) is 11.6 Å². The number of hydrogen-bond acceptors (Lipinski definition) is 1. The van der Waals surface area contributed by atoms with E-state index in [-0.39, 0.29) is 0 Å². The van der Waals surface area contributed by atoms with Gasteiger partial charge in [-0.2, -0.15) is 5.10 Å². The third-order valence-electron chi connectivity index (χ3n) is 2.47. The Balaban J connectivity index is 2.06. The molecule has 1 aliphatic carbocycles. The summed E-state index contributed by atoms with van der Waals surface area (Å²) in [6, 6.07) is 2.02. The molecule has 1 saturated carbocycles. The van der Waals surface area contributed by atoms with Crippen molar-refractivity contribution in [3.05, 3.63) is 16.9 Å². The maximum absolute atomic E-state index is 6.05. The standard InChI is InChI=1S/C10H15ClN2/c1-2-3-6-13-10(11)7-9(12-13)8-4-5-8/h7-8H,2-6H2,1H3. The number of hydrogen-bond donors (Lipinski definition) is 0. The first-order chi connectivity index (χ1) is 6.31. The Morgan fingerprint density at radius 3 is 3.00 bits per heavy atom. The highest BCUT2D eigenvalue weighted by Crippen LogP contribution is 2.39. The molecule has 0 radical (unpaired) electrons. The van der Waals surface area contributed by atoms with Gasteiger partial charge in [-0.3, -0.25) is 4.68 Å². The highest BCUT2D eigenvalue weighted by atomic mass is 35.5. The minimum atomic E-state index is 0.709. The Labute approximate surface area is 83.9 Å². The highest BCUT2D eigenvalue weighted by Gasteiger charge is 2.26. The van der Waals surface area contributed by atoms with Gasteiger partial charge in [0, 0.05) is 12.5 Å². The molecular formula is C10H15ClN2. The molecule has 0 spiro atoms. The van der Waals surface area contributed by atoms with Crippen molar-refractivity contribution in [2.24, 2.45) is 0 Å². The zero-order valence-corrected chi connectivity index (χ0v) is 8.72. The molecule has 0 amide bonds. The molecule has 0 N–H and O–H groups in total. The van der Waals surface area contributed by atoms with Crippen LogP contribution in [0.2, 0.25) is 5.15 Å². The normalized spacial score (nSPS) is 16.5. The largest absolute Gasteiger partial charge is 0.254 e. The van der Waals surface area contributed by atoms with Crippen LogP contribution in [-0.2, 0) is 6.54 Å². The summed E-state index contributed by atoms with van der Waals surface area (Å²) in [4.78, 5) is 0. The van der Waals surface area contributed by atoms with Crippen molar-refractivity contribution in [1.29, 1.82) is 0 Å². The third kappa shape index (κ3) is 2.05. The lowest BCUT2D eigenvalue weighted by molar-refractivity contribution is 0.566. The summed E-state index contributed by atoms with van der Waals surface area (Å²) in [5, 5.41) is 5.30. The molecular weight excluding hydrogens is 184 g/mol. The van der Waals surface area contributed by atoms with Crippen molar-refractivity contribution in [2.75, 3.05) is 0 Å². The van der Waals surface area contributed by atoms with E-state index in [0.29, 0.717) is 5.92 Å². The van der Waals surface area contributed by atoms with E-state index in [1.807, 2.05) is 10.7 Å². The summed E-state index contributed by atoms with van der Waals surface area (Å²) in [7, 11) is 0. The van der Waals surface area contributed by atoms with Crippen molar-refractivity contribution in [3.63, 3.8) is 0 Å². The second-order valence-electron chi connectivity index (χ2n) is 3.74. The summed E-state index contributed by atoms with van der Waals surface area (Å²) in [6.45, 7) is 3.14. The molecule has 1 aliphatic rings. The van der Waals surface area contributed by atoms with Gasteiger partial charge >= 0.3 is 0 Å². The predicted octanol–water partition coefficient (Wildman–Crippen LogP) is 3.21. The molecule has 13 heavy (non-hydrogen) atoms. The Morgan fingerprint density at radius 2 is 2.38 bits per heavy atom. The van der Waals surface area contributed by atoms with Crippen molar-refractivity contribution >= 4 is 11.6 Å². The van der Waals surface area contributed by atoms with Crippen LogP contribution in [0.5, 0.6) is 0 Å². The van der Waals surface area contributed by atoms with E-state index in [2.05, 4.69) is 12.0 Å². The Morgan fingerprint density at radius 1 is 1.62 bits per heavy atom. The molecule has 0 saturated heterocycles. The molecule has 0 unspecified atom stereocenters. The first-order valence-corrected chi connectivity index (χ1v) is 5.42. The second-order valence-corrected chi connectivity index (χ2v) is 4.13. The van der Waals surface area contributed by atoms with E-state index < -0.39 is 0 Å². The minimum Gasteiger partial charge on any atom is -0.254 e. The van der Waals surface area contributed by atoms with Crippen molar-refractivity contribution in [2.45, 2.75) is 45.1 Å². The van der Waals surface area contributed by atoms with E-state index >= 15 is 0 Å². The van der Waals surface area contributed by atoms with Gasteiger partial charge in [-0.1, -0.05) is 24.9 Å². The fraction of sp³-hybridized carbons (Fsp3) is 0.700. The molecule has 72 valence electrons. The lowest BCUT2D eigenvalue weighted by atomic mass is 10.3. The second kappa shape index (κ2) is 3.70. The zero-order chi connectivity index (χ0) is 9.26. The number of nitrogens with zero attached hydrogens (tertiary/aromatic N) is 2. The monoisotopic (exact) mass is 198 g/mol. The number of halogens is 1. The van der Waals surface area contributed by atoms with Crippen LogP contribution in [0.15, 0.2) is 6.07 Å². The quantitative estimate of drug-likeness (QED) is 0.727. The number of unbranched alkanes of at least 4 members (excludes halogenated alkanes) is 1. The van der Waals surface area contributed by atoms with Crippen LogP contribution in [0.1, 0.15) is 44.2 Å². The van der Waals surface area contributed by atoms with Crippen LogP contribution in [0.4, 0.5) is 0 Å². The van der Waals surface area contributed by atoms with Gasteiger partial charge in [0.05, 0.1) is 5.69 Å². The van der Waals surface area contributed by atoms with E-state index in [9.17, 15) is 0 Å². The third-order valence-corrected chi connectivity index (χ3v) is 2.77. The van der Waals surface area contributed by atoms with Crippen molar-refractivity contribution in [1.82, 2.24) is 9.78 Å². The molecule has 3 heteroatoms. The summed E-state index contributed by atoms with van der Waals surface area (Å²) < 4.78 is 1.93. The van der Waals surface area contributed by atoms with Gasteiger partial charge in [-0.05, 0) is 25.3 Å². The molecule has 0 atom stereocenters. The number of aryl methyl sites for hydroxylation is 1. The molecule has 1 aromatic heterocycles. The Kier molecular flexibility index (Phi) is 2.58. The van der Waals surface area contributed by atoms with Crippen LogP contribution in [-0.4, -0.2) is 9.78 Å². The molecule has 1 aromatic rings. The smallest absolute Gasteiger partial charge is 0.127 e. The number of aromatic nitrogens is 2. The Hall–Kier alpha value is -0.500. The first-order valence-electron chi connectivity index (χ1n) is 5.04. The van der Waals surface area contributed by atoms with Gasteiger partial charge in [0.1, 0.15) is 5.15 Å². The first kappa shape index (κ1) is 9.07. The Bertz CT molecular complexity index is 289. The molecule has 2 rings (SSSR count). The average molecular weight is 199 g/mol. The van der Waals surface area contributed by atoms with E-state index in [1.165, 1.54) is 25.0 Å². The summed E-state index contributed by atoms with van der Waals surface area (Å²) in [6.07, 6.45) is 4.93. The van der Waals surface area contributed by atoms with Crippen LogP contribution in [0.3, 0.4) is 0 Å². The topological polar surface area (TPSA) is 17.8 Å². The van der Waals surface area contributed by atoms with Gasteiger partial charge in [-0.15, -0.1) is 0 Å². The van der Waals surface area contributed by atoms with Gasteiger partial charge in [0.2, 0.25) is 0 Å². The SMILES string of the molecule is CCCCn1nc(C2CC2)cc1Cl. The maximum atomic E-state index is 6.05. The molecule has 0 aliphatic heterocycles. The van der Waals surface area contributed by atoms with Crippen LogP contribution < -0.4 is 0 Å². The summed E-state index contributed by atoms with van der Waals surface area (Å²) in [5.41, 5.74) is 1.20. The van der Waals surface area contributed by atoms with Gasteiger partial charge in [0.25, 0.3) is 0 Å². The highest BCUT2D eigenvalue weighted by molar-refractivity contribution is 6.29. The average Bonchev–Trinajstić information content (AvgIpc) is 2.89. The van der Waals surface area contributed by atoms with Crippen LogP contribution in [0.25, 0.3) is 0 Å². The predicted molar refractivity (Wildman–Crippen MR) is 54.1 cm³/mol. The molecule has 1 heterocycles. The van der Waals surface area contributed by atoms with Gasteiger partial charge in [0.15, 0.2) is 0 Å². The lowest BCUT2D eigenvalue weighted by Gasteiger charge is -1.99. The lowest BCUT2D eigenvalue weighted by Crippen LogP contribution is -2.00. The summed E-state index contributed by atoms with van der Waals surface area (Å²) in [5.74, 6) is 0.709. The van der Waals surface area contributed by atoms with E-state index in [0.717, 1.165) is 18.1 Å². The van der Waals surface area contributed by atoms with E-state index in [1.54, 1.807) is 0 Å². The van der Waals surface area contributed by atoms with Crippen LogP contribution in [0, 0.1) is 0 Å². The fourth-order valence-corrected chi connectivity index (χ4v) is 1.69. The van der Waals surface area contributed by atoms with Crippen molar-refractivity contribution in [3.8, 4) is 0 Å². The molecule has 0 aromatic carbocycles. The van der Waals surface area contributed by atoms with Gasteiger partial charge < -0.3 is 0 Å². The molecule has 0 bridgehead atoms. The molecule has 1 fully saturated rings.